The van der Waals surface area contributed by atoms with Gasteiger partial charge in [-0.15, -0.1) is 11.8 Å². The normalized spacial score (nSPS) is 11.6. The first-order chi connectivity index (χ1) is 12.9. The number of nitrogens with one attached hydrogen (secondary N) is 2. The lowest BCUT2D eigenvalue weighted by Crippen LogP contribution is -2.25. The quantitative estimate of drug-likeness (QED) is 0.675. The topological polar surface area (TPSA) is 103 Å². The number of carbonyl (C=O) groups excluding carboxylic acids is 2. The summed E-state index contributed by atoms with van der Waals surface area (Å²) in [4.78, 5) is 24.2. The van der Waals surface area contributed by atoms with Crippen LogP contribution in [0.4, 0.5) is 11.5 Å². The lowest BCUT2D eigenvalue weighted by molar-refractivity contribution is -0.115. The van der Waals surface area contributed by atoms with Crippen LogP contribution in [-0.2, 0) is 9.59 Å². The van der Waals surface area contributed by atoms with Gasteiger partial charge in [0, 0.05) is 17.8 Å². The molecule has 1 atom stereocenters. The van der Waals surface area contributed by atoms with Crippen LogP contribution in [0.3, 0.4) is 0 Å². The SMILES string of the molecule is CCOc1ccc(NC(=O)CS[C@@H](C)C(=O)Nc2cc(C)on2)cc1OC. The fourth-order valence-electron chi connectivity index (χ4n) is 2.15. The van der Waals surface area contributed by atoms with E-state index in [1.54, 1.807) is 38.1 Å². The second kappa shape index (κ2) is 9.86. The zero-order valence-corrected chi connectivity index (χ0v) is 16.5. The standard InChI is InChI=1S/C18H23N3O5S/c1-5-25-14-7-6-13(9-15(14)24-4)19-17(22)10-27-12(3)18(23)20-16-8-11(2)26-21-16/h6-9,12H,5,10H2,1-4H3,(H,19,22)(H,20,21,23)/t12-/m0/s1. The summed E-state index contributed by atoms with van der Waals surface area (Å²) in [6, 6.07) is 6.79. The van der Waals surface area contributed by atoms with E-state index >= 15 is 0 Å². The van der Waals surface area contributed by atoms with Gasteiger partial charge in [-0.2, -0.15) is 0 Å². The fourth-order valence-corrected chi connectivity index (χ4v) is 2.83. The molecule has 0 aliphatic carbocycles. The smallest absolute Gasteiger partial charge is 0.238 e. The highest BCUT2D eigenvalue weighted by molar-refractivity contribution is 8.01. The molecule has 2 rings (SSSR count). The highest BCUT2D eigenvalue weighted by Crippen LogP contribution is 2.30. The Morgan fingerprint density at radius 3 is 2.67 bits per heavy atom. The van der Waals surface area contributed by atoms with Crippen LogP contribution in [0.15, 0.2) is 28.8 Å². The Labute approximate surface area is 162 Å². The van der Waals surface area contributed by atoms with Gasteiger partial charge in [0.1, 0.15) is 5.76 Å². The van der Waals surface area contributed by atoms with Crippen LogP contribution < -0.4 is 20.1 Å². The number of benzene rings is 1. The highest BCUT2D eigenvalue weighted by atomic mass is 32.2. The van der Waals surface area contributed by atoms with Gasteiger partial charge in [-0.05, 0) is 32.9 Å². The van der Waals surface area contributed by atoms with Gasteiger partial charge < -0.3 is 24.6 Å². The second-order valence-electron chi connectivity index (χ2n) is 5.61. The third kappa shape index (κ3) is 6.21. The average Bonchev–Trinajstić information content (AvgIpc) is 3.05. The average molecular weight is 393 g/mol. The Morgan fingerprint density at radius 2 is 2.04 bits per heavy atom. The molecular formula is C18H23N3O5S. The molecule has 1 aromatic heterocycles. The molecule has 2 aromatic rings. The molecule has 9 heteroatoms. The monoisotopic (exact) mass is 393 g/mol. The summed E-state index contributed by atoms with van der Waals surface area (Å²) < 4.78 is 15.6. The third-order valence-electron chi connectivity index (χ3n) is 3.46. The van der Waals surface area contributed by atoms with Crippen molar-refractivity contribution in [3.05, 3.63) is 30.0 Å². The number of aryl methyl sites for hydroxylation is 1. The van der Waals surface area contributed by atoms with Gasteiger partial charge >= 0.3 is 0 Å². The summed E-state index contributed by atoms with van der Waals surface area (Å²) in [5.41, 5.74) is 0.594. The molecule has 8 nitrogen and oxygen atoms in total. The Balaban J connectivity index is 1.83. The Kier molecular flexibility index (Phi) is 7.54. The zero-order valence-electron chi connectivity index (χ0n) is 15.7. The molecule has 0 saturated heterocycles. The predicted molar refractivity (Wildman–Crippen MR) is 105 cm³/mol. The second-order valence-corrected chi connectivity index (χ2v) is 6.94. The number of amides is 2. The number of thioether (sulfide) groups is 1. The van der Waals surface area contributed by atoms with Crippen LogP contribution in [-0.4, -0.2) is 41.7 Å². The molecule has 0 bridgehead atoms. The van der Waals surface area contributed by atoms with Crippen molar-refractivity contribution in [2.45, 2.75) is 26.0 Å². The first-order valence-electron chi connectivity index (χ1n) is 8.39. The maximum Gasteiger partial charge on any atom is 0.238 e. The lowest BCUT2D eigenvalue weighted by atomic mass is 10.2. The summed E-state index contributed by atoms with van der Waals surface area (Å²) in [7, 11) is 1.54. The van der Waals surface area contributed by atoms with Crippen LogP contribution in [0.25, 0.3) is 0 Å². The first kappa shape index (κ1) is 20.6. The largest absolute Gasteiger partial charge is 0.493 e. The number of carbonyl (C=O) groups is 2. The van der Waals surface area contributed by atoms with E-state index in [1.165, 1.54) is 18.9 Å². The van der Waals surface area contributed by atoms with Gasteiger partial charge in [-0.1, -0.05) is 5.16 Å². The minimum absolute atomic E-state index is 0.127. The molecule has 2 N–H and O–H groups in total. The van der Waals surface area contributed by atoms with Crippen LogP contribution in [0.1, 0.15) is 19.6 Å². The highest BCUT2D eigenvalue weighted by Gasteiger charge is 2.17. The summed E-state index contributed by atoms with van der Waals surface area (Å²) in [6.45, 7) is 5.86. The summed E-state index contributed by atoms with van der Waals surface area (Å²) >= 11 is 1.22. The summed E-state index contributed by atoms with van der Waals surface area (Å²) in [5, 5.41) is 8.70. The molecule has 1 heterocycles. The minimum Gasteiger partial charge on any atom is -0.493 e. The zero-order chi connectivity index (χ0) is 19.8. The predicted octanol–water partition coefficient (Wildman–Crippen LogP) is 3.09. The van der Waals surface area contributed by atoms with Crippen molar-refractivity contribution >= 4 is 35.1 Å². The van der Waals surface area contributed by atoms with Gasteiger partial charge in [0.15, 0.2) is 17.3 Å². The van der Waals surface area contributed by atoms with Crippen molar-refractivity contribution < 1.29 is 23.6 Å². The van der Waals surface area contributed by atoms with Crippen molar-refractivity contribution in [1.82, 2.24) is 5.16 Å². The van der Waals surface area contributed by atoms with Crippen molar-refractivity contribution in [1.29, 1.82) is 0 Å². The van der Waals surface area contributed by atoms with E-state index in [-0.39, 0.29) is 17.6 Å². The van der Waals surface area contributed by atoms with Crippen LogP contribution in [0.5, 0.6) is 11.5 Å². The molecule has 0 aliphatic rings. The van der Waals surface area contributed by atoms with Crippen LogP contribution in [0, 0.1) is 6.92 Å². The number of nitrogens with zero attached hydrogens (tertiary/aromatic N) is 1. The summed E-state index contributed by atoms with van der Waals surface area (Å²) in [6.07, 6.45) is 0. The molecule has 0 spiro atoms. The molecule has 27 heavy (non-hydrogen) atoms. The molecule has 2 amide bonds. The van der Waals surface area contributed by atoms with Crippen molar-refractivity contribution in [3.63, 3.8) is 0 Å². The first-order valence-corrected chi connectivity index (χ1v) is 9.44. The maximum atomic E-state index is 12.1. The van der Waals surface area contributed by atoms with Crippen LogP contribution in [0.2, 0.25) is 0 Å². The van der Waals surface area contributed by atoms with Gasteiger partial charge in [0.05, 0.1) is 24.7 Å². The number of aromatic nitrogens is 1. The minimum atomic E-state index is -0.428. The molecular weight excluding hydrogens is 370 g/mol. The molecule has 146 valence electrons. The van der Waals surface area contributed by atoms with Crippen molar-refractivity contribution in [2.24, 2.45) is 0 Å². The summed E-state index contributed by atoms with van der Waals surface area (Å²) in [5.74, 6) is 1.78. The number of ether oxygens (including phenoxy) is 2. The molecule has 0 saturated carbocycles. The van der Waals surface area contributed by atoms with Crippen molar-refractivity contribution in [3.8, 4) is 11.5 Å². The molecule has 0 radical (unpaired) electrons. The number of anilines is 2. The number of hydrogen-bond acceptors (Lipinski definition) is 7. The molecule has 0 aliphatic heterocycles. The van der Waals surface area contributed by atoms with E-state index in [0.717, 1.165) is 0 Å². The van der Waals surface area contributed by atoms with Crippen molar-refractivity contribution in [2.75, 3.05) is 30.1 Å². The van der Waals surface area contributed by atoms with E-state index < -0.39 is 5.25 Å². The van der Waals surface area contributed by atoms with E-state index in [9.17, 15) is 9.59 Å². The Morgan fingerprint density at radius 1 is 1.26 bits per heavy atom. The molecule has 0 fully saturated rings. The number of rotatable bonds is 9. The number of methoxy groups -OCH3 is 1. The Bertz CT molecular complexity index is 793. The van der Waals surface area contributed by atoms with E-state index in [2.05, 4.69) is 15.8 Å². The molecule has 0 unspecified atom stereocenters. The fraction of sp³-hybridized carbons (Fsp3) is 0.389. The van der Waals surface area contributed by atoms with E-state index in [0.29, 0.717) is 35.4 Å². The third-order valence-corrected chi connectivity index (χ3v) is 4.60. The Hall–Kier alpha value is -2.68. The van der Waals surface area contributed by atoms with Gasteiger partial charge in [0.25, 0.3) is 0 Å². The van der Waals surface area contributed by atoms with Gasteiger partial charge in [-0.3, -0.25) is 9.59 Å². The van der Waals surface area contributed by atoms with E-state index in [1.807, 2.05) is 6.92 Å². The van der Waals surface area contributed by atoms with Gasteiger partial charge in [0.2, 0.25) is 11.8 Å². The van der Waals surface area contributed by atoms with Crippen LogP contribution >= 0.6 is 11.8 Å². The lowest BCUT2D eigenvalue weighted by Gasteiger charge is -2.13. The van der Waals surface area contributed by atoms with E-state index in [4.69, 9.17) is 14.0 Å². The maximum absolute atomic E-state index is 12.1. The molecule has 1 aromatic carbocycles. The number of hydrogen-bond donors (Lipinski definition) is 2. The van der Waals surface area contributed by atoms with Gasteiger partial charge in [-0.25, -0.2) is 0 Å².